The van der Waals surface area contributed by atoms with Crippen molar-refractivity contribution >= 4 is 34.0 Å². The molecule has 4 nitrogen and oxygen atoms in total. The number of aromatic hydroxyl groups is 2. The average molecular weight is 356 g/mol. The van der Waals surface area contributed by atoms with Crippen molar-refractivity contribution in [3.63, 3.8) is 0 Å². The molecule has 2 heterocycles. The van der Waals surface area contributed by atoms with Crippen LogP contribution in [0, 0.1) is 0 Å². The van der Waals surface area contributed by atoms with Crippen molar-refractivity contribution < 1.29 is 10.2 Å². The van der Waals surface area contributed by atoms with Crippen molar-refractivity contribution in [2.75, 3.05) is 0 Å². The third-order valence-electron chi connectivity index (χ3n) is 4.91. The van der Waals surface area contributed by atoms with Crippen LogP contribution in [0.2, 0.25) is 0 Å². The normalized spacial score (nSPS) is 11.3. The van der Waals surface area contributed by atoms with Gasteiger partial charge in [-0.2, -0.15) is 0 Å². The van der Waals surface area contributed by atoms with Gasteiger partial charge < -0.3 is 19.3 Å². The summed E-state index contributed by atoms with van der Waals surface area (Å²) in [4.78, 5) is 0. The average Bonchev–Trinajstić information content (AvgIpc) is 3.08. The van der Waals surface area contributed by atoms with E-state index in [1.807, 2.05) is 74.8 Å². The minimum atomic E-state index is 0.216. The second-order valence-corrected chi connectivity index (χ2v) is 6.46. The van der Waals surface area contributed by atoms with E-state index in [1.165, 1.54) is 0 Å². The molecule has 0 unspecified atom stereocenters. The van der Waals surface area contributed by atoms with Crippen LogP contribution in [0.5, 0.6) is 11.8 Å². The maximum atomic E-state index is 10.3. The molecule has 4 rings (SSSR count). The SMILES string of the molecule is Cn1c(O)c(C=C=CC=Cc2c(O)n(C)c3ccccc23)c2ccccc21. The first-order valence-corrected chi connectivity index (χ1v) is 8.71. The summed E-state index contributed by atoms with van der Waals surface area (Å²) >= 11 is 0. The van der Waals surface area contributed by atoms with Crippen molar-refractivity contribution in [3.05, 3.63) is 77.5 Å². The van der Waals surface area contributed by atoms with Gasteiger partial charge in [0.2, 0.25) is 0 Å². The summed E-state index contributed by atoms with van der Waals surface area (Å²) in [5.41, 5.74) is 6.57. The second-order valence-electron chi connectivity index (χ2n) is 6.46. The molecule has 4 aromatic rings. The Bertz CT molecular complexity index is 1250. The van der Waals surface area contributed by atoms with Gasteiger partial charge in [-0.25, -0.2) is 0 Å². The van der Waals surface area contributed by atoms with Gasteiger partial charge in [0.05, 0.1) is 16.6 Å². The van der Waals surface area contributed by atoms with Crippen LogP contribution in [-0.4, -0.2) is 19.3 Å². The van der Waals surface area contributed by atoms with Gasteiger partial charge >= 0.3 is 0 Å². The highest BCUT2D eigenvalue weighted by atomic mass is 16.3. The fraction of sp³-hybridized carbons (Fsp3) is 0.0870. The molecule has 134 valence electrons. The van der Waals surface area contributed by atoms with Gasteiger partial charge in [-0.15, -0.1) is 5.73 Å². The van der Waals surface area contributed by atoms with Crippen LogP contribution in [-0.2, 0) is 14.1 Å². The Kier molecular flexibility index (Phi) is 4.11. The highest BCUT2D eigenvalue weighted by Crippen LogP contribution is 2.32. The molecule has 0 amide bonds. The predicted molar refractivity (Wildman–Crippen MR) is 111 cm³/mol. The Morgan fingerprint density at radius 1 is 0.778 bits per heavy atom. The lowest BCUT2D eigenvalue weighted by molar-refractivity contribution is 0.433. The Labute approximate surface area is 157 Å². The molecule has 0 saturated heterocycles. The molecule has 0 spiro atoms. The standard InChI is InChI=1S/C23H20N2O2/c1-24-20-14-8-6-10-16(20)18(22(24)26)12-4-3-5-13-19-17-11-7-9-15-21(17)25(2)23(19)27/h3-4,6-15,26-27H,1-2H3. The molecule has 4 heteroatoms. The Morgan fingerprint density at radius 2 is 1.30 bits per heavy atom. The quantitative estimate of drug-likeness (QED) is 0.402. The van der Waals surface area contributed by atoms with Gasteiger partial charge in [-0.05, 0) is 30.4 Å². The van der Waals surface area contributed by atoms with Gasteiger partial charge in [0.1, 0.15) is 0 Å². The Morgan fingerprint density at radius 3 is 1.93 bits per heavy atom. The monoisotopic (exact) mass is 356 g/mol. The molecule has 0 aliphatic heterocycles. The van der Waals surface area contributed by atoms with E-state index in [0.29, 0.717) is 0 Å². The molecule has 0 bridgehead atoms. The van der Waals surface area contributed by atoms with E-state index in [0.717, 1.165) is 32.9 Å². The lowest BCUT2D eigenvalue weighted by atomic mass is 10.1. The highest BCUT2D eigenvalue weighted by Gasteiger charge is 2.11. The summed E-state index contributed by atoms with van der Waals surface area (Å²) in [5, 5.41) is 22.7. The minimum Gasteiger partial charge on any atom is -0.494 e. The fourth-order valence-electron chi connectivity index (χ4n) is 3.46. The molecule has 2 aromatic heterocycles. The largest absolute Gasteiger partial charge is 0.494 e. The molecule has 0 fully saturated rings. The number of aromatic nitrogens is 2. The van der Waals surface area contributed by atoms with E-state index in [4.69, 9.17) is 0 Å². The molecule has 27 heavy (non-hydrogen) atoms. The van der Waals surface area contributed by atoms with Crippen LogP contribution in [0.3, 0.4) is 0 Å². The topological polar surface area (TPSA) is 50.3 Å². The van der Waals surface area contributed by atoms with Gasteiger partial charge in [0.15, 0.2) is 11.8 Å². The number of para-hydroxylation sites is 2. The van der Waals surface area contributed by atoms with Gasteiger partial charge in [0, 0.05) is 30.4 Å². The zero-order valence-electron chi connectivity index (χ0n) is 15.2. The smallest absolute Gasteiger partial charge is 0.199 e. The number of rotatable bonds is 3. The van der Waals surface area contributed by atoms with Crippen molar-refractivity contribution in [2.45, 2.75) is 0 Å². The number of hydrogen-bond donors (Lipinski definition) is 2. The van der Waals surface area contributed by atoms with Gasteiger partial charge in [-0.1, -0.05) is 42.5 Å². The third-order valence-corrected chi connectivity index (χ3v) is 4.91. The first-order valence-electron chi connectivity index (χ1n) is 8.71. The molecule has 2 N–H and O–H groups in total. The number of benzene rings is 2. The van der Waals surface area contributed by atoms with E-state index in [-0.39, 0.29) is 11.8 Å². The number of allylic oxidation sites excluding steroid dienone is 2. The van der Waals surface area contributed by atoms with Crippen LogP contribution in [0.4, 0.5) is 0 Å². The lowest BCUT2D eigenvalue weighted by Gasteiger charge is -1.95. The summed E-state index contributed by atoms with van der Waals surface area (Å²) in [7, 11) is 3.68. The van der Waals surface area contributed by atoms with Crippen molar-refractivity contribution in [1.29, 1.82) is 0 Å². The molecular formula is C23H20N2O2. The highest BCUT2D eigenvalue weighted by molar-refractivity contribution is 5.93. The van der Waals surface area contributed by atoms with Gasteiger partial charge in [0.25, 0.3) is 0 Å². The summed E-state index contributed by atoms with van der Waals surface area (Å²) in [5.74, 6) is 0.448. The molecule has 0 atom stereocenters. The Hall–Kier alpha value is -3.62. The van der Waals surface area contributed by atoms with Crippen LogP contribution >= 0.6 is 0 Å². The first kappa shape index (κ1) is 16.8. The van der Waals surface area contributed by atoms with Crippen LogP contribution in [0.1, 0.15) is 11.1 Å². The maximum Gasteiger partial charge on any atom is 0.199 e. The summed E-state index contributed by atoms with van der Waals surface area (Å²) < 4.78 is 3.52. The predicted octanol–water partition coefficient (Wildman–Crippen LogP) is 4.96. The number of fused-ring (bicyclic) bond motifs is 2. The first-order chi connectivity index (χ1) is 13.1. The van der Waals surface area contributed by atoms with Crippen molar-refractivity contribution in [2.24, 2.45) is 14.1 Å². The van der Waals surface area contributed by atoms with Gasteiger partial charge in [-0.3, -0.25) is 0 Å². The molecule has 0 saturated carbocycles. The molecule has 0 radical (unpaired) electrons. The third kappa shape index (κ3) is 2.73. The van der Waals surface area contributed by atoms with Crippen LogP contribution < -0.4 is 0 Å². The van der Waals surface area contributed by atoms with Crippen LogP contribution in [0.15, 0.2) is 66.4 Å². The molecule has 2 aromatic carbocycles. The maximum absolute atomic E-state index is 10.3. The fourth-order valence-corrected chi connectivity index (χ4v) is 3.46. The molecule has 0 aliphatic rings. The number of aryl methyl sites for hydroxylation is 2. The zero-order chi connectivity index (χ0) is 19.0. The summed E-state index contributed by atoms with van der Waals surface area (Å²) in [6.45, 7) is 0. The van der Waals surface area contributed by atoms with E-state index in [1.54, 1.807) is 21.3 Å². The number of hydrogen-bond acceptors (Lipinski definition) is 2. The molecule has 0 aliphatic carbocycles. The minimum absolute atomic E-state index is 0.216. The second kappa shape index (κ2) is 6.60. The van der Waals surface area contributed by atoms with Crippen molar-refractivity contribution in [1.82, 2.24) is 9.13 Å². The van der Waals surface area contributed by atoms with E-state index in [9.17, 15) is 10.2 Å². The number of nitrogens with zero attached hydrogens (tertiary/aromatic N) is 2. The van der Waals surface area contributed by atoms with E-state index in [2.05, 4.69) is 5.73 Å². The van der Waals surface area contributed by atoms with Crippen LogP contribution in [0.25, 0.3) is 34.0 Å². The summed E-state index contributed by atoms with van der Waals surface area (Å²) in [6.07, 6.45) is 7.23. The molecular weight excluding hydrogens is 336 g/mol. The van der Waals surface area contributed by atoms with Crippen molar-refractivity contribution in [3.8, 4) is 11.8 Å². The lowest BCUT2D eigenvalue weighted by Crippen LogP contribution is -1.84. The Balaban J connectivity index is 1.68. The summed E-state index contributed by atoms with van der Waals surface area (Å²) in [6, 6.07) is 15.7. The van der Waals surface area contributed by atoms with E-state index >= 15 is 0 Å². The zero-order valence-corrected chi connectivity index (χ0v) is 15.2. The van der Waals surface area contributed by atoms with E-state index < -0.39 is 0 Å².